The third kappa shape index (κ3) is 2.59. The lowest BCUT2D eigenvalue weighted by molar-refractivity contribution is 0.0651. The van der Waals surface area contributed by atoms with E-state index >= 15 is 0 Å². The van der Waals surface area contributed by atoms with Gasteiger partial charge in [0.25, 0.3) is 11.8 Å². The van der Waals surface area contributed by atoms with Crippen LogP contribution >= 0.6 is 11.3 Å². The van der Waals surface area contributed by atoms with Crippen LogP contribution in [0.5, 0.6) is 0 Å². The zero-order valence-corrected chi connectivity index (χ0v) is 12.7. The molecule has 0 aliphatic carbocycles. The molecule has 0 spiro atoms. The summed E-state index contributed by atoms with van der Waals surface area (Å²) in [6.45, 7) is 6.59. The number of fused-ring (bicyclic) bond motifs is 1. The molecule has 19 heavy (non-hydrogen) atoms. The second kappa shape index (κ2) is 5.87. The van der Waals surface area contributed by atoms with Crippen molar-refractivity contribution in [1.82, 2.24) is 4.90 Å². The largest absolute Gasteiger partial charge is 0.274 e. The first kappa shape index (κ1) is 14.3. The van der Waals surface area contributed by atoms with Gasteiger partial charge in [-0.2, -0.15) is 0 Å². The van der Waals surface area contributed by atoms with Gasteiger partial charge >= 0.3 is 0 Å². The first-order valence-electron chi connectivity index (χ1n) is 7.04. The van der Waals surface area contributed by atoms with Gasteiger partial charge in [-0.25, -0.2) is 0 Å². The van der Waals surface area contributed by atoms with Crippen molar-refractivity contribution in [1.29, 1.82) is 0 Å². The smallest absolute Gasteiger partial charge is 0.262 e. The van der Waals surface area contributed by atoms with Crippen LogP contribution in [0.4, 0.5) is 0 Å². The van der Waals surface area contributed by atoms with Crippen LogP contribution in [0.15, 0.2) is 0 Å². The average Bonchev–Trinajstić information content (AvgIpc) is 2.79. The van der Waals surface area contributed by atoms with E-state index in [2.05, 4.69) is 6.92 Å². The molecule has 0 N–H and O–H groups in total. The summed E-state index contributed by atoms with van der Waals surface area (Å²) in [5, 5.41) is 0. The van der Waals surface area contributed by atoms with Gasteiger partial charge in [-0.3, -0.25) is 14.5 Å². The molecule has 1 aromatic rings. The number of nitrogens with zero attached hydrogens (tertiary/aromatic N) is 1. The molecule has 2 heterocycles. The number of aryl methyl sites for hydroxylation is 2. The van der Waals surface area contributed by atoms with Crippen LogP contribution in [-0.4, -0.2) is 23.3 Å². The summed E-state index contributed by atoms with van der Waals surface area (Å²) in [5.41, 5.74) is 1.31. The molecule has 4 heteroatoms. The van der Waals surface area contributed by atoms with E-state index in [1.807, 2.05) is 13.8 Å². The number of imide groups is 1. The van der Waals surface area contributed by atoms with Crippen molar-refractivity contribution in [3.8, 4) is 0 Å². The van der Waals surface area contributed by atoms with Gasteiger partial charge in [-0.05, 0) is 20.3 Å². The quantitative estimate of drug-likeness (QED) is 0.584. The molecule has 1 aliphatic rings. The van der Waals surface area contributed by atoms with Crippen LogP contribution in [0.1, 0.15) is 69.5 Å². The fraction of sp³-hybridized carbons (Fsp3) is 0.600. The molecule has 1 aromatic heterocycles. The molecule has 0 saturated heterocycles. The van der Waals surface area contributed by atoms with Crippen molar-refractivity contribution in [2.75, 3.05) is 6.54 Å². The minimum Gasteiger partial charge on any atom is -0.274 e. The van der Waals surface area contributed by atoms with Crippen molar-refractivity contribution in [2.45, 2.75) is 52.9 Å². The highest BCUT2D eigenvalue weighted by molar-refractivity contribution is 7.12. The van der Waals surface area contributed by atoms with Crippen LogP contribution in [0.3, 0.4) is 0 Å². The van der Waals surface area contributed by atoms with Crippen molar-refractivity contribution < 1.29 is 9.59 Å². The topological polar surface area (TPSA) is 37.4 Å². The normalized spacial score (nSPS) is 14.4. The van der Waals surface area contributed by atoms with E-state index in [4.69, 9.17) is 0 Å². The van der Waals surface area contributed by atoms with Crippen molar-refractivity contribution in [2.24, 2.45) is 0 Å². The maximum atomic E-state index is 12.3. The fourth-order valence-electron chi connectivity index (χ4n) is 2.64. The first-order valence-corrected chi connectivity index (χ1v) is 7.85. The maximum Gasteiger partial charge on any atom is 0.262 e. The molecular weight excluding hydrogens is 258 g/mol. The molecule has 0 aromatic carbocycles. The minimum atomic E-state index is -0.0858. The lowest BCUT2D eigenvalue weighted by Gasteiger charge is -2.14. The number of hydrogen-bond donors (Lipinski definition) is 0. The van der Waals surface area contributed by atoms with Gasteiger partial charge in [0.05, 0.1) is 11.1 Å². The van der Waals surface area contributed by atoms with Crippen LogP contribution in [-0.2, 0) is 0 Å². The van der Waals surface area contributed by atoms with Crippen molar-refractivity contribution >= 4 is 23.2 Å². The van der Waals surface area contributed by atoms with E-state index in [-0.39, 0.29) is 11.8 Å². The second-order valence-corrected chi connectivity index (χ2v) is 6.57. The second-order valence-electron chi connectivity index (χ2n) is 5.14. The highest BCUT2D eigenvalue weighted by atomic mass is 32.1. The highest BCUT2D eigenvalue weighted by Gasteiger charge is 2.39. The molecule has 2 amide bonds. The number of carbonyl (C=O) groups excluding carboxylic acids is 2. The van der Waals surface area contributed by atoms with E-state index in [0.717, 1.165) is 22.6 Å². The molecular formula is C15H21NO2S. The Morgan fingerprint density at radius 1 is 0.895 bits per heavy atom. The Bertz CT molecular complexity index is 468. The molecule has 0 atom stereocenters. The maximum absolute atomic E-state index is 12.3. The lowest BCUT2D eigenvalue weighted by Crippen LogP contribution is -2.31. The standard InChI is InChI=1S/C15H21NO2S/c1-4-5-6-7-8-9-16-14(17)12-10(2)19-11(3)13(12)15(16)18/h4-9H2,1-3H3. The van der Waals surface area contributed by atoms with Gasteiger partial charge in [0, 0.05) is 16.3 Å². The van der Waals surface area contributed by atoms with Gasteiger partial charge < -0.3 is 0 Å². The van der Waals surface area contributed by atoms with Gasteiger partial charge in [0.1, 0.15) is 0 Å². The first-order chi connectivity index (χ1) is 9.07. The zero-order chi connectivity index (χ0) is 14.0. The lowest BCUT2D eigenvalue weighted by atomic mass is 10.1. The van der Waals surface area contributed by atoms with E-state index < -0.39 is 0 Å². The summed E-state index contributed by atoms with van der Waals surface area (Å²) in [6.07, 6.45) is 5.63. The van der Waals surface area contributed by atoms with Crippen LogP contribution in [0, 0.1) is 13.8 Å². The molecule has 0 radical (unpaired) electrons. The Morgan fingerprint density at radius 3 is 1.95 bits per heavy atom. The van der Waals surface area contributed by atoms with Gasteiger partial charge in [-0.15, -0.1) is 11.3 Å². The summed E-state index contributed by atoms with van der Waals surface area (Å²) in [5.74, 6) is -0.172. The monoisotopic (exact) mass is 279 g/mol. The Labute approximate surface area is 118 Å². The van der Waals surface area contributed by atoms with Gasteiger partial charge in [0.15, 0.2) is 0 Å². The van der Waals surface area contributed by atoms with Crippen LogP contribution in [0.25, 0.3) is 0 Å². The predicted octanol–water partition coefficient (Wildman–Crippen LogP) is 3.93. The molecule has 3 nitrogen and oxygen atoms in total. The molecule has 0 unspecified atom stereocenters. The number of carbonyl (C=O) groups is 2. The van der Waals surface area contributed by atoms with E-state index in [1.54, 1.807) is 11.3 Å². The fourth-order valence-corrected chi connectivity index (χ4v) is 3.68. The van der Waals surface area contributed by atoms with Crippen LogP contribution in [0.2, 0.25) is 0 Å². The van der Waals surface area contributed by atoms with Gasteiger partial charge in [-0.1, -0.05) is 32.6 Å². The number of thiophene rings is 1. The third-order valence-electron chi connectivity index (χ3n) is 3.66. The summed E-state index contributed by atoms with van der Waals surface area (Å²) in [6, 6.07) is 0. The Kier molecular flexibility index (Phi) is 4.40. The van der Waals surface area contributed by atoms with Gasteiger partial charge in [0.2, 0.25) is 0 Å². The molecule has 0 fully saturated rings. The summed E-state index contributed by atoms with van der Waals surface area (Å²) < 4.78 is 0. The average molecular weight is 279 g/mol. The SMILES string of the molecule is CCCCCCCN1C(=O)c2c(C)sc(C)c2C1=O. The predicted molar refractivity (Wildman–Crippen MR) is 77.9 cm³/mol. The molecule has 0 saturated carbocycles. The van der Waals surface area contributed by atoms with Crippen molar-refractivity contribution in [3.05, 3.63) is 20.9 Å². The third-order valence-corrected chi connectivity index (χ3v) is 4.68. The molecule has 1 aliphatic heterocycles. The zero-order valence-electron chi connectivity index (χ0n) is 11.9. The number of amides is 2. The van der Waals surface area contributed by atoms with Crippen LogP contribution < -0.4 is 0 Å². The highest BCUT2D eigenvalue weighted by Crippen LogP contribution is 2.34. The summed E-state index contributed by atoms with van der Waals surface area (Å²) >= 11 is 1.55. The molecule has 2 rings (SSSR count). The van der Waals surface area contributed by atoms with Crippen molar-refractivity contribution in [3.63, 3.8) is 0 Å². The summed E-state index contributed by atoms with van der Waals surface area (Å²) in [4.78, 5) is 27.9. The van der Waals surface area contributed by atoms with E-state index in [9.17, 15) is 9.59 Å². The minimum absolute atomic E-state index is 0.0858. The number of rotatable bonds is 6. The summed E-state index contributed by atoms with van der Waals surface area (Å²) in [7, 11) is 0. The van der Waals surface area contributed by atoms with E-state index in [1.165, 1.54) is 24.2 Å². The Balaban J connectivity index is 2.00. The Hall–Kier alpha value is -1.16. The molecule has 104 valence electrons. The Morgan fingerprint density at radius 2 is 1.42 bits per heavy atom. The number of hydrogen-bond acceptors (Lipinski definition) is 3. The molecule has 0 bridgehead atoms. The van der Waals surface area contributed by atoms with E-state index in [0.29, 0.717) is 17.7 Å². The number of unbranched alkanes of at least 4 members (excludes halogenated alkanes) is 4.